The number of hydrogen-bond acceptors (Lipinski definition) is 5. The van der Waals surface area contributed by atoms with E-state index in [0.717, 1.165) is 17.0 Å². The van der Waals surface area contributed by atoms with Crippen LogP contribution >= 0.6 is 0 Å². The predicted octanol–water partition coefficient (Wildman–Crippen LogP) is 2.65. The smallest absolute Gasteiger partial charge is 0.337 e. The number of carbonyl (C=O) groups is 1. The molecule has 0 aliphatic rings. The minimum atomic E-state index is -0.331. The topological polar surface area (TPSA) is 80.8 Å². The number of aromatic nitrogens is 4. The molecule has 22 heavy (non-hydrogen) atoms. The number of nitrogens with zero attached hydrogens (tertiary/aromatic N) is 3. The van der Waals surface area contributed by atoms with Crippen LogP contribution in [0.5, 0.6) is 0 Å². The first-order chi connectivity index (χ1) is 10.7. The van der Waals surface area contributed by atoms with Crippen LogP contribution < -0.4 is 0 Å². The van der Waals surface area contributed by atoms with E-state index in [-0.39, 0.29) is 5.97 Å². The lowest BCUT2D eigenvalue weighted by atomic mass is 10.2. The van der Waals surface area contributed by atoms with Gasteiger partial charge in [-0.1, -0.05) is 0 Å². The van der Waals surface area contributed by atoms with E-state index in [1.54, 1.807) is 36.9 Å². The van der Waals surface area contributed by atoms with Gasteiger partial charge in [0.25, 0.3) is 0 Å². The third-order valence-corrected chi connectivity index (χ3v) is 2.78. The molecule has 6 heteroatoms. The van der Waals surface area contributed by atoms with Crippen molar-refractivity contribution in [3.63, 3.8) is 0 Å². The Morgan fingerprint density at radius 1 is 1.05 bits per heavy atom. The second kappa shape index (κ2) is 7.68. The van der Waals surface area contributed by atoms with Crippen molar-refractivity contribution < 1.29 is 9.53 Å². The molecule has 0 aromatic carbocycles. The Labute approximate surface area is 128 Å². The van der Waals surface area contributed by atoms with Gasteiger partial charge in [-0.3, -0.25) is 15.1 Å². The number of ether oxygens (including phenoxy) is 1. The minimum Gasteiger partial charge on any atom is -0.465 e. The van der Waals surface area contributed by atoms with E-state index in [2.05, 4.69) is 24.9 Å². The number of hydrogen-bond donors (Lipinski definition) is 1. The molecule has 112 valence electrons. The summed E-state index contributed by atoms with van der Waals surface area (Å²) in [5.74, 6) is -0.331. The Kier molecular flexibility index (Phi) is 5.37. The predicted molar refractivity (Wildman–Crippen MR) is 82.1 cm³/mol. The molecule has 3 heterocycles. The average molecular weight is 296 g/mol. The van der Waals surface area contributed by atoms with E-state index in [1.807, 2.05) is 25.1 Å². The van der Waals surface area contributed by atoms with Gasteiger partial charge in [0, 0.05) is 36.0 Å². The van der Waals surface area contributed by atoms with Crippen molar-refractivity contribution in [2.75, 3.05) is 7.11 Å². The largest absolute Gasteiger partial charge is 0.465 e. The summed E-state index contributed by atoms with van der Waals surface area (Å²) in [6, 6.07) is 9.10. The maximum Gasteiger partial charge on any atom is 0.337 e. The molecule has 0 bridgehead atoms. The Hall–Kier alpha value is -3.02. The second-order valence-corrected chi connectivity index (χ2v) is 4.40. The van der Waals surface area contributed by atoms with E-state index in [1.165, 1.54) is 7.11 Å². The number of esters is 1. The molecule has 0 amide bonds. The molecule has 3 aromatic rings. The van der Waals surface area contributed by atoms with Gasteiger partial charge >= 0.3 is 5.97 Å². The monoisotopic (exact) mass is 296 g/mol. The van der Waals surface area contributed by atoms with E-state index in [9.17, 15) is 4.79 Å². The van der Waals surface area contributed by atoms with Gasteiger partial charge < -0.3 is 4.74 Å². The zero-order valence-corrected chi connectivity index (χ0v) is 12.4. The lowest BCUT2D eigenvalue weighted by Crippen LogP contribution is -2.00. The number of carbonyl (C=O) groups excluding carboxylic acids is 1. The van der Waals surface area contributed by atoms with Gasteiger partial charge in [-0.15, -0.1) is 0 Å². The molecule has 0 spiro atoms. The van der Waals surface area contributed by atoms with Crippen LogP contribution in [0.1, 0.15) is 16.1 Å². The summed E-state index contributed by atoms with van der Waals surface area (Å²) in [5.41, 5.74) is 3.66. The quantitative estimate of drug-likeness (QED) is 0.735. The SMILES string of the molecule is COC(=O)c1ccncc1.Cc1cc(-c2ccncc2)n[nH]1. The number of nitrogens with one attached hydrogen (secondary N) is 1. The number of H-pyrrole nitrogens is 1. The van der Waals surface area contributed by atoms with Gasteiger partial charge in [0.2, 0.25) is 0 Å². The third kappa shape index (κ3) is 4.24. The molecule has 0 radical (unpaired) electrons. The lowest BCUT2D eigenvalue weighted by Gasteiger charge is -1.95. The van der Waals surface area contributed by atoms with Crippen LogP contribution in [-0.2, 0) is 4.74 Å². The first kappa shape index (κ1) is 15.4. The number of methoxy groups -OCH3 is 1. The number of rotatable bonds is 2. The van der Waals surface area contributed by atoms with Crippen LogP contribution in [0, 0.1) is 6.92 Å². The summed E-state index contributed by atoms with van der Waals surface area (Å²) < 4.78 is 4.47. The molecule has 3 aromatic heterocycles. The van der Waals surface area contributed by atoms with E-state index >= 15 is 0 Å². The maximum atomic E-state index is 10.8. The normalized spacial score (nSPS) is 9.55. The zero-order chi connectivity index (χ0) is 15.8. The van der Waals surface area contributed by atoms with Crippen molar-refractivity contribution in [3.8, 4) is 11.3 Å². The summed E-state index contributed by atoms with van der Waals surface area (Å²) in [6.07, 6.45) is 6.62. The molecule has 0 unspecified atom stereocenters. The molecule has 0 saturated heterocycles. The second-order valence-electron chi connectivity index (χ2n) is 4.40. The highest BCUT2D eigenvalue weighted by molar-refractivity contribution is 5.88. The first-order valence-corrected chi connectivity index (χ1v) is 6.61. The Morgan fingerprint density at radius 3 is 2.14 bits per heavy atom. The van der Waals surface area contributed by atoms with Crippen LogP contribution in [0.2, 0.25) is 0 Å². The molecule has 0 saturated carbocycles. The van der Waals surface area contributed by atoms with Crippen molar-refractivity contribution in [2.24, 2.45) is 0 Å². The molecule has 0 aliphatic carbocycles. The Bertz CT molecular complexity index is 711. The highest BCUT2D eigenvalue weighted by Gasteiger charge is 2.01. The summed E-state index contributed by atoms with van der Waals surface area (Å²) >= 11 is 0. The van der Waals surface area contributed by atoms with Crippen molar-refractivity contribution in [3.05, 3.63) is 66.4 Å². The molecule has 1 N–H and O–H groups in total. The summed E-state index contributed by atoms with van der Waals surface area (Å²) in [6.45, 7) is 1.98. The number of aryl methyl sites for hydroxylation is 1. The maximum absolute atomic E-state index is 10.8. The van der Waals surface area contributed by atoms with Crippen molar-refractivity contribution in [2.45, 2.75) is 6.92 Å². The van der Waals surface area contributed by atoms with Crippen LogP contribution in [0.4, 0.5) is 0 Å². The van der Waals surface area contributed by atoms with Gasteiger partial charge in [-0.25, -0.2) is 4.79 Å². The zero-order valence-electron chi connectivity index (χ0n) is 12.4. The summed E-state index contributed by atoms with van der Waals surface area (Å²) in [4.78, 5) is 18.5. The fourth-order valence-corrected chi connectivity index (χ4v) is 1.69. The van der Waals surface area contributed by atoms with Crippen molar-refractivity contribution in [1.29, 1.82) is 0 Å². The molecule has 0 aliphatic heterocycles. The standard InChI is InChI=1S/C9H9N3.C7H7NO2/c1-7-6-9(12-11-7)8-2-4-10-5-3-8;1-10-7(9)6-2-4-8-5-3-6/h2-6H,1H3,(H,11,12);2-5H,1H3. The van der Waals surface area contributed by atoms with Crippen LogP contribution in [-0.4, -0.2) is 33.2 Å². The van der Waals surface area contributed by atoms with Crippen molar-refractivity contribution in [1.82, 2.24) is 20.2 Å². The van der Waals surface area contributed by atoms with Gasteiger partial charge in [0.05, 0.1) is 18.4 Å². The van der Waals surface area contributed by atoms with E-state index in [0.29, 0.717) is 5.56 Å². The van der Waals surface area contributed by atoms with Crippen LogP contribution in [0.3, 0.4) is 0 Å². The molecule has 0 atom stereocenters. The minimum absolute atomic E-state index is 0.331. The summed E-state index contributed by atoms with van der Waals surface area (Å²) in [5, 5.41) is 7.03. The van der Waals surface area contributed by atoms with Gasteiger partial charge in [0.1, 0.15) is 0 Å². The molecular formula is C16H16N4O2. The summed E-state index contributed by atoms with van der Waals surface area (Å²) in [7, 11) is 1.35. The number of pyridine rings is 2. The molecule has 3 rings (SSSR count). The van der Waals surface area contributed by atoms with Gasteiger partial charge in [-0.2, -0.15) is 5.10 Å². The van der Waals surface area contributed by atoms with E-state index in [4.69, 9.17) is 0 Å². The van der Waals surface area contributed by atoms with Crippen LogP contribution in [0.15, 0.2) is 55.1 Å². The fourth-order valence-electron chi connectivity index (χ4n) is 1.69. The van der Waals surface area contributed by atoms with Crippen LogP contribution in [0.25, 0.3) is 11.3 Å². The van der Waals surface area contributed by atoms with Crippen molar-refractivity contribution >= 4 is 5.97 Å². The first-order valence-electron chi connectivity index (χ1n) is 6.61. The molecule has 6 nitrogen and oxygen atoms in total. The molecular weight excluding hydrogens is 280 g/mol. The number of aromatic amines is 1. The lowest BCUT2D eigenvalue weighted by molar-refractivity contribution is 0.0600. The van der Waals surface area contributed by atoms with Gasteiger partial charge in [-0.05, 0) is 37.3 Å². The van der Waals surface area contributed by atoms with Gasteiger partial charge in [0.15, 0.2) is 0 Å². The Morgan fingerprint density at radius 2 is 1.64 bits per heavy atom. The highest BCUT2D eigenvalue weighted by atomic mass is 16.5. The highest BCUT2D eigenvalue weighted by Crippen LogP contribution is 2.15. The Balaban J connectivity index is 0.000000164. The average Bonchev–Trinajstić information content (AvgIpc) is 3.03. The fraction of sp³-hybridized carbons (Fsp3) is 0.125. The third-order valence-electron chi connectivity index (χ3n) is 2.78. The van der Waals surface area contributed by atoms with E-state index < -0.39 is 0 Å². The molecule has 0 fully saturated rings.